The molecule has 2 amide bonds. The Bertz CT molecular complexity index is 1140. The normalized spacial score (nSPS) is 10.6. The van der Waals surface area contributed by atoms with Gasteiger partial charge in [-0.1, -0.05) is 28.1 Å². The van der Waals surface area contributed by atoms with Crippen LogP contribution in [0.5, 0.6) is 0 Å². The molecule has 0 saturated heterocycles. The number of hydrogen-bond donors (Lipinski definition) is 2. The van der Waals surface area contributed by atoms with E-state index in [4.69, 9.17) is 0 Å². The van der Waals surface area contributed by atoms with Gasteiger partial charge in [-0.3, -0.25) is 25.4 Å². The number of halogens is 1. The minimum Gasteiger partial charge on any atom is -0.267 e. The Hall–Kier alpha value is -3.10. The van der Waals surface area contributed by atoms with E-state index in [2.05, 4.69) is 36.7 Å². The number of aromatic nitrogens is 2. The summed E-state index contributed by atoms with van der Waals surface area (Å²) in [6.45, 7) is 0. The molecule has 0 fully saturated rings. The lowest BCUT2D eigenvalue weighted by Gasteiger charge is -2.09. The molecule has 0 bridgehead atoms. The van der Waals surface area contributed by atoms with Crippen molar-refractivity contribution in [3.05, 3.63) is 82.5 Å². The number of fused-ring (bicyclic) bond motifs is 1. The van der Waals surface area contributed by atoms with Gasteiger partial charge in [0.05, 0.1) is 15.8 Å². The third-order valence-electron chi connectivity index (χ3n) is 3.94. The SMILES string of the molecule is O=C(NNC(=O)c1cccnc1-c1nc2ccccc2s1)c1ccc(Br)cc1. The maximum Gasteiger partial charge on any atom is 0.272 e. The molecule has 8 heteroatoms. The predicted molar refractivity (Wildman–Crippen MR) is 112 cm³/mol. The van der Waals surface area contributed by atoms with Gasteiger partial charge in [-0.25, -0.2) is 4.98 Å². The molecule has 2 N–H and O–H groups in total. The van der Waals surface area contributed by atoms with Crippen LogP contribution in [0.15, 0.2) is 71.3 Å². The molecule has 4 aromatic rings. The van der Waals surface area contributed by atoms with Crippen LogP contribution in [0.3, 0.4) is 0 Å². The Labute approximate surface area is 172 Å². The summed E-state index contributed by atoms with van der Waals surface area (Å²) in [5.41, 5.74) is 6.95. The van der Waals surface area contributed by atoms with E-state index >= 15 is 0 Å². The number of hydrazine groups is 1. The molecule has 0 atom stereocenters. The van der Waals surface area contributed by atoms with Crippen LogP contribution < -0.4 is 10.9 Å². The van der Waals surface area contributed by atoms with Crippen LogP contribution in [0.4, 0.5) is 0 Å². The molecule has 2 aromatic heterocycles. The Morgan fingerprint density at radius 1 is 0.893 bits per heavy atom. The highest BCUT2D eigenvalue weighted by Crippen LogP contribution is 2.30. The van der Waals surface area contributed by atoms with Crippen molar-refractivity contribution in [1.82, 2.24) is 20.8 Å². The topological polar surface area (TPSA) is 84.0 Å². The molecular formula is C20H13BrN4O2S. The van der Waals surface area contributed by atoms with Gasteiger partial charge in [0.25, 0.3) is 11.8 Å². The second kappa shape index (κ2) is 7.87. The lowest BCUT2D eigenvalue weighted by molar-refractivity contribution is 0.0847. The fourth-order valence-electron chi connectivity index (χ4n) is 2.59. The first-order valence-corrected chi connectivity index (χ1v) is 9.90. The first kappa shape index (κ1) is 18.3. The Balaban J connectivity index is 1.55. The number of pyridine rings is 1. The number of thiazole rings is 1. The van der Waals surface area contributed by atoms with E-state index < -0.39 is 11.8 Å². The van der Waals surface area contributed by atoms with Crippen LogP contribution in [0.25, 0.3) is 20.9 Å². The van der Waals surface area contributed by atoms with Crippen LogP contribution in [0.1, 0.15) is 20.7 Å². The number of carbonyl (C=O) groups is 2. The van der Waals surface area contributed by atoms with E-state index in [-0.39, 0.29) is 0 Å². The monoisotopic (exact) mass is 452 g/mol. The second-order valence-corrected chi connectivity index (χ2v) is 7.75. The van der Waals surface area contributed by atoms with Gasteiger partial charge in [-0.05, 0) is 48.5 Å². The third-order valence-corrected chi connectivity index (χ3v) is 5.52. The summed E-state index contributed by atoms with van der Waals surface area (Å²) >= 11 is 4.78. The Morgan fingerprint density at radius 2 is 1.64 bits per heavy atom. The first-order chi connectivity index (χ1) is 13.6. The first-order valence-electron chi connectivity index (χ1n) is 8.29. The molecule has 28 heavy (non-hydrogen) atoms. The van der Waals surface area contributed by atoms with Crippen LogP contribution in [-0.2, 0) is 0 Å². The quantitative estimate of drug-likeness (QED) is 0.456. The summed E-state index contributed by atoms with van der Waals surface area (Å²) in [5.74, 6) is -0.876. The molecule has 6 nitrogen and oxygen atoms in total. The zero-order valence-corrected chi connectivity index (χ0v) is 16.8. The number of benzene rings is 2. The second-order valence-electron chi connectivity index (χ2n) is 5.80. The zero-order valence-electron chi connectivity index (χ0n) is 14.3. The lowest BCUT2D eigenvalue weighted by Crippen LogP contribution is -2.41. The van der Waals surface area contributed by atoms with Crippen molar-refractivity contribution in [3.8, 4) is 10.7 Å². The minimum absolute atomic E-state index is 0.331. The molecule has 0 saturated carbocycles. The molecule has 2 heterocycles. The zero-order chi connectivity index (χ0) is 19.5. The lowest BCUT2D eigenvalue weighted by atomic mass is 10.2. The van der Waals surface area contributed by atoms with Crippen molar-refractivity contribution < 1.29 is 9.59 Å². The van der Waals surface area contributed by atoms with Gasteiger partial charge in [-0.15, -0.1) is 11.3 Å². The number of carbonyl (C=O) groups excluding carboxylic acids is 2. The molecule has 0 aliphatic carbocycles. The van der Waals surface area contributed by atoms with Crippen LogP contribution in [0, 0.1) is 0 Å². The van der Waals surface area contributed by atoms with Crippen LogP contribution in [-0.4, -0.2) is 21.8 Å². The molecule has 4 rings (SSSR count). The minimum atomic E-state index is -0.465. The molecule has 0 aliphatic rings. The molecular weight excluding hydrogens is 440 g/mol. The van der Waals surface area contributed by atoms with Gasteiger partial charge >= 0.3 is 0 Å². The largest absolute Gasteiger partial charge is 0.272 e. The van der Waals surface area contributed by atoms with E-state index in [1.807, 2.05) is 24.3 Å². The van der Waals surface area contributed by atoms with Crippen LogP contribution >= 0.6 is 27.3 Å². The van der Waals surface area contributed by atoms with Gasteiger partial charge in [-0.2, -0.15) is 0 Å². The van der Waals surface area contributed by atoms with E-state index in [0.717, 1.165) is 14.7 Å². The van der Waals surface area contributed by atoms with Gasteiger partial charge < -0.3 is 0 Å². The van der Waals surface area contributed by atoms with Gasteiger partial charge in [0.1, 0.15) is 10.7 Å². The average Bonchev–Trinajstić information content (AvgIpc) is 3.16. The van der Waals surface area contributed by atoms with Gasteiger partial charge in [0, 0.05) is 16.2 Å². The maximum absolute atomic E-state index is 12.6. The number of nitrogens with zero attached hydrogens (tertiary/aromatic N) is 2. The van der Waals surface area contributed by atoms with Crippen LogP contribution in [0.2, 0.25) is 0 Å². The summed E-state index contributed by atoms with van der Waals surface area (Å²) in [6, 6.07) is 17.9. The summed E-state index contributed by atoms with van der Waals surface area (Å²) < 4.78 is 1.88. The highest BCUT2D eigenvalue weighted by molar-refractivity contribution is 9.10. The van der Waals surface area contributed by atoms with Crippen molar-refractivity contribution in [2.24, 2.45) is 0 Å². The highest BCUT2D eigenvalue weighted by Gasteiger charge is 2.17. The van der Waals surface area contributed by atoms with Crippen molar-refractivity contribution in [3.63, 3.8) is 0 Å². The number of nitrogens with one attached hydrogen (secondary N) is 2. The van der Waals surface area contributed by atoms with E-state index in [9.17, 15) is 9.59 Å². The molecule has 2 aromatic carbocycles. The van der Waals surface area contributed by atoms with E-state index in [1.54, 1.807) is 42.6 Å². The standard InChI is InChI=1S/C20H13BrN4O2S/c21-13-9-7-12(8-10-13)18(26)24-25-19(27)14-4-3-11-22-17(14)20-23-15-5-1-2-6-16(15)28-20/h1-11H,(H,24,26)(H,25,27). The maximum atomic E-state index is 12.6. The molecule has 0 aliphatic heterocycles. The summed E-state index contributed by atoms with van der Waals surface area (Å²) in [5, 5.41) is 0.645. The summed E-state index contributed by atoms with van der Waals surface area (Å²) in [4.78, 5) is 33.7. The average molecular weight is 453 g/mol. The van der Waals surface area contributed by atoms with E-state index in [0.29, 0.717) is 21.8 Å². The van der Waals surface area contributed by atoms with Crippen molar-refractivity contribution in [2.75, 3.05) is 0 Å². The molecule has 0 radical (unpaired) electrons. The van der Waals surface area contributed by atoms with Crippen molar-refractivity contribution >= 4 is 49.3 Å². The Morgan fingerprint density at radius 3 is 2.43 bits per heavy atom. The molecule has 138 valence electrons. The molecule has 0 spiro atoms. The summed E-state index contributed by atoms with van der Waals surface area (Å²) in [7, 11) is 0. The fourth-order valence-corrected chi connectivity index (χ4v) is 3.83. The third kappa shape index (κ3) is 3.78. The smallest absolute Gasteiger partial charge is 0.267 e. The van der Waals surface area contributed by atoms with Crippen molar-refractivity contribution in [1.29, 1.82) is 0 Å². The number of para-hydroxylation sites is 1. The highest BCUT2D eigenvalue weighted by atomic mass is 79.9. The van der Waals surface area contributed by atoms with Gasteiger partial charge in [0.2, 0.25) is 0 Å². The number of amides is 2. The fraction of sp³-hybridized carbons (Fsp3) is 0. The predicted octanol–water partition coefficient (Wildman–Crippen LogP) is 4.20. The Kier molecular flexibility index (Phi) is 5.14. The summed E-state index contributed by atoms with van der Waals surface area (Å²) in [6.07, 6.45) is 1.61. The van der Waals surface area contributed by atoms with Gasteiger partial charge in [0.15, 0.2) is 0 Å². The van der Waals surface area contributed by atoms with Crippen molar-refractivity contribution in [2.45, 2.75) is 0 Å². The van der Waals surface area contributed by atoms with E-state index in [1.165, 1.54) is 11.3 Å². The number of rotatable bonds is 3. The molecule has 0 unspecified atom stereocenters. The number of hydrogen-bond acceptors (Lipinski definition) is 5.